The van der Waals surface area contributed by atoms with Crippen LogP contribution in [0.4, 0.5) is 0 Å². The lowest BCUT2D eigenvalue weighted by molar-refractivity contribution is -0.121. The van der Waals surface area contributed by atoms with Gasteiger partial charge in [0.2, 0.25) is 5.91 Å². The molecule has 0 radical (unpaired) electrons. The van der Waals surface area contributed by atoms with Crippen molar-refractivity contribution in [2.75, 3.05) is 0 Å². The Morgan fingerprint density at radius 3 is 2.84 bits per heavy atom. The molecule has 102 valence electrons. The van der Waals surface area contributed by atoms with Crippen LogP contribution in [0.1, 0.15) is 29.0 Å². The lowest BCUT2D eigenvalue weighted by Crippen LogP contribution is -2.23. The zero-order chi connectivity index (χ0) is 13.8. The molecule has 2 aromatic heterocycles. The van der Waals surface area contributed by atoms with E-state index in [4.69, 9.17) is 4.52 Å². The summed E-state index contributed by atoms with van der Waals surface area (Å²) < 4.78 is 6.78. The minimum atomic E-state index is 0.0175. The average Bonchev–Trinajstić information content (AvgIpc) is 2.92. The molecule has 1 amide bonds. The highest BCUT2D eigenvalue weighted by Gasteiger charge is 2.10. The van der Waals surface area contributed by atoms with Gasteiger partial charge >= 0.3 is 0 Å². The van der Waals surface area contributed by atoms with E-state index in [2.05, 4.69) is 15.6 Å². The third-order valence-electron chi connectivity index (χ3n) is 3.04. The lowest BCUT2D eigenvalue weighted by atomic mass is 10.2. The second kappa shape index (κ2) is 5.69. The fourth-order valence-electron chi connectivity index (χ4n) is 1.89. The van der Waals surface area contributed by atoms with Crippen molar-refractivity contribution in [3.63, 3.8) is 0 Å². The van der Waals surface area contributed by atoms with Gasteiger partial charge < -0.3 is 9.84 Å². The zero-order valence-electron chi connectivity index (χ0n) is 11.4. The van der Waals surface area contributed by atoms with E-state index < -0.39 is 0 Å². The Morgan fingerprint density at radius 1 is 1.47 bits per heavy atom. The molecule has 2 heterocycles. The van der Waals surface area contributed by atoms with Gasteiger partial charge in [-0.25, -0.2) is 0 Å². The predicted octanol–water partition coefficient (Wildman–Crippen LogP) is 1.27. The Labute approximate surface area is 111 Å². The normalized spacial score (nSPS) is 10.7. The topological polar surface area (TPSA) is 73.0 Å². The lowest BCUT2D eigenvalue weighted by Gasteiger charge is -2.04. The number of amides is 1. The summed E-state index contributed by atoms with van der Waals surface area (Å²) in [7, 11) is 1.86. The summed E-state index contributed by atoms with van der Waals surface area (Å²) in [6, 6.07) is 0. The van der Waals surface area contributed by atoms with Crippen LogP contribution >= 0.6 is 0 Å². The summed E-state index contributed by atoms with van der Waals surface area (Å²) in [5.74, 6) is 0.772. The Hall–Kier alpha value is -2.11. The summed E-state index contributed by atoms with van der Waals surface area (Å²) in [5.41, 5.74) is 2.84. The second-order valence-corrected chi connectivity index (χ2v) is 4.60. The first-order valence-electron chi connectivity index (χ1n) is 6.22. The van der Waals surface area contributed by atoms with Gasteiger partial charge in [0.1, 0.15) is 5.76 Å². The standard InChI is InChI=1S/C13H18N4O2/c1-9-12(10(2)19-16-9)7-14-13(18)5-4-11-6-15-17(3)8-11/h6,8H,4-5,7H2,1-3H3,(H,14,18). The first kappa shape index (κ1) is 13.3. The van der Waals surface area contributed by atoms with Gasteiger partial charge in [0.15, 0.2) is 0 Å². The molecule has 6 heteroatoms. The maximum Gasteiger partial charge on any atom is 0.220 e. The van der Waals surface area contributed by atoms with E-state index in [1.807, 2.05) is 27.1 Å². The molecular weight excluding hydrogens is 244 g/mol. The fraction of sp³-hybridized carbons (Fsp3) is 0.462. The van der Waals surface area contributed by atoms with E-state index in [1.165, 1.54) is 0 Å². The van der Waals surface area contributed by atoms with E-state index in [0.717, 1.165) is 22.6 Å². The molecule has 0 fully saturated rings. The highest BCUT2D eigenvalue weighted by atomic mass is 16.5. The van der Waals surface area contributed by atoms with Crippen molar-refractivity contribution >= 4 is 5.91 Å². The van der Waals surface area contributed by atoms with Gasteiger partial charge in [-0.2, -0.15) is 5.10 Å². The van der Waals surface area contributed by atoms with Crippen LogP contribution in [-0.2, 0) is 24.8 Å². The van der Waals surface area contributed by atoms with Crippen molar-refractivity contribution in [3.8, 4) is 0 Å². The van der Waals surface area contributed by atoms with Crippen LogP contribution in [0.3, 0.4) is 0 Å². The zero-order valence-corrected chi connectivity index (χ0v) is 11.4. The van der Waals surface area contributed by atoms with Crippen molar-refractivity contribution in [3.05, 3.63) is 35.0 Å². The average molecular weight is 262 g/mol. The maximum absolute atomic E-state index is 11.8. The number of carbonyl (C=O) groups excluding carboxylic acids is 1. The van der Waals surface area contributed by atoms with Crippen LogP contribution in [0, 0.1) is 13.8 Å². The predicted molar refractivity (Wildman–Crippen MR) is 69.4 cm³/mol. The van der Waals surface area contributed by atoms with Gasteiger partial charge in [0.05, 0.1) is 11.9 Å². The smallest absolute Gasteiger partial charge is 0.220 e. The van der Waals surface area contributed by atoms with Crippen LogP contribution in [0.2, 0.25) is 0 Å². The summed E-state index contributed by atoms with van der Waals surface area (Å²) >= 11 is 0. The molecule has 0 aliphatic heterocycles. The Balaban J connectivity index is 1.79. The van der Waals surface area contributed by atoms with Gasteiger partial charge in [-0.05, 0) is 25.8 Å². The second-order valence-electron chi connectivity index (χ2n) is 4.60. The van der Waals surface area contributed by atoms with Crippen molar-refractivity contribution in [2.45, 2.75) is 33.2 Å². The molecule has 0 saturated carbocycles. The molecule has 6 nitrogen and oxygen atoms in total. The highest BCUT2D eigenvalue weighted by molar-refractivity contribution is 5.76. The van der Waals surface area contributed by atoms with Crippen molar-refractivity contribution in [1.29, 1.82) is 0 Å². The van der Waals surface area contributed by atoms with E-state index >= 15 is 0 Å². The first-order valence-corrected chi connectivity index (χ1v) is 6.22. The van der Waals surface area contributed by atoms with Crippen molar-refractivity contribution in [2.24, 2.45) is 7.05 Å². The van der Waals surface area contributed by atoms with Crippen LogP contribution in [0.25, 0.3) is 0 Å². The monoisotopic (exact) mass is 262 g/mol. The molecule has 0 aliphatic carbocycles. The van der Waals surface area contributed by atoms with Crippen LogP contribution < -0.4 is 5.32 Å². The molecule has 19 heavy (non-hydrogen) atoms. The highest BCUT2D eigenvalue weighted by Crippen LogP contribution is 2.11. The number of carbonyl (C=O) groups is 1. The van der Waals surface area contributed by atoms with E-state index in [9.17, 15) is 4.79 Å². The number of nitrogens with one attached hydrogen (secondary N) is 1. The summed E-state index contributed by atoms with van der Waals surface area (Å²) in [6.07, 6.45) is 4.85. The van der Waals surface area contributed by atoms with E-state index in [0.29, 0.717) is 19.4 Å². The number of hydrogen-bond acceptors (Lipinski definition) is 4. The molecule has 0 aliphatic rings. The summed E-state index contributed by atoms with van der Waals surface area (Å²) in [5, 5.41) is 10.8. The number of nitrogens with zero attached hydrogens (tertiary/aromatic N) is 3. The number of aromatic nitrogens is 3. The summed E-state index contributed by atoms with van der Waals surface area (Å²) in [4.78, 5) is 11.8. The molecule has 0 bridgehead atoms. The third-order valence-corrected chi connectivity index (χ3v) is 3.04. The van der Waals surface area contributed by atoms with Crippen molar-refractivity contribution < 1.29 is 9.32 Å². The van der Waals surface area contributed by atoms with Gasteiger partial charge in [0, 0.05) is 31.8 Å². The number of rotatable bonds is 5. The molecule has 0 atom stereocenters. The molecule has 1 N–H and O–H groups in total. The van der Waals surface area contributed by atoms with E-state index in [-0.39, 0.29) is 5.91 Å². The van der Waals surface area contributed by atoms with Gasteiger partial charge in [-0.3, -0.25) is 9.48 Å². The van der Waals surface area contributed by atoms with Gasteiger partial charge in [0.25, 0.3) is 0 Å². The van der Waals surface area contributed by atoms with Gasteiger partial charge in [-0.15, -0.1) is 0 Å². The Bertz CT molecular complexity index is 551. The Morgan fingerprint density at radius 2 is 2.26 bits per heavy atom. The molecule has 0 aromatic carbocycles. The molecule has 0 spiro atoms. The first-order chi connectivity index (χ1) is 9.06. The maximum atomic E-state index is 11.8. The fourth-order valence-corrected chi connectivity index (χ4v) is 1.89. The van der Waals surface area contributed by atoms with Gasteiger partial charge in [-0.1, -0.05) is 5.16 Å². The van der Waals surface area contributed by atoms with Crippen LogP contribution in [0.15, 0.2) is 16.9 Å². The molecule has 2 rings (SSSR count). The quantitative estimate of drug-likeness (QED) is 0.880. The third kappa shape index (κ3) is 3.43. The number of aryl methyl sites for hydroxylation is 4. The SMILES string of the molecule is Cc1noc(C)c1CNC(=O)CCc1cnn(C)c1. The molecule has 2 aromatic rings. The van der Waals surface area contributed by atoms with E-state index in [1.54, 1.807) is 10.9 Å². The summed E-state index contributed by atoms with van der Waals surface area (Å²) in [6.45, 7) is 4.18. The Kier molecular flexibility index (Phi) is 3.99. The molecule has 0 unspecified atom stereocenters. The molecular formula is C13H18N4O2. The van der Waals surface area contributed by atoms with Crippen molar-refractivity contribution in [1.82, 2.24) is 20.3 Å². The largest absolute Gasteiger partial charge is 0.361 e. The molecule has 0 saturated heterocycles. The number of hydrogen-bond donors (Lipinski definition) is 1. The van der Waals surface area contributed by atoms with Crippen LogP contribution in [0.5, 0.6) is 0 Å². The van der Waals surface area contributed by atoms with Crippen LogP contribution in [-0.4, -0.2) is 20.8 Å². The minimum Gasteiger partial charge on any atom is -0.361 e. The minimum absolute atomic E-state index is 0.0175.